The molecule has 1 unspecified atom stereocenters. The van der Waals surface area contributed by atoms with Gasteiger partial charge in [0.25, 0.3) is 0 Å². The average molecular weight is 370 g/mol. The van der Waals surface area contributed by atoms with Crippen molar-refractivity contribution in [2.24, 2.45) is 0 Å². The lowest BCUT2D eigenvalue weighted by Crippen LogP contribution is -2.24. The maximum Gasteiger partial charge on any atom is 0.163 e. The van der Waals surface area contributed by atoms with Crippen molar-refractivity contribution in [1.29, 1.82) is 10.7 Å². The highest BCUT2D eigenvalue weighted by Gasteiger charge is 2.18. The average Bonchev–Trinajstić information content (AvgIpc) is 2.97. The highest BCUT2D eigenvalue weighted by Crippen LogP contribution is 2.24. The first-order valence-electron chi connectivity index (χ1n) is 8.85. The maximum atomic E-state index is 9.46. The highest BCUT2D eigenvalue weighted by atomic mass is 16.3. The van der Waals surface area contributed by atoms with Gasteiger partial charge in [-0.1, -0.05) is 6.92 Å². The number of aliphatic hydroxyl groups is 1. The lowest BCUT2D eigenvalue weighted by molar-refractivity contribution is 0.261. The minimum atomic E-state index is -0.0591. The summed E-state index contributed by atoms with van der Waals surface area (Å²) in [6, 6.07) is 2.02. The number of anilines is 2. The Hall–Kier alpha value is -3.12. The van der Waals surface area contributed by atoms with Crippen LogP contribution in [0.25, 0.3) is 5.65 Å². The molecule has 6 N–H and O–H groups in total. The van der Waals surface area contributed by atoms with Gasteiger partial charge in [-0.15, -0.1) is 0 Å². The smallest absolute Gasteiger partial charge is 0.163 e. The Labute approximate surface area is 158 Å². The van der Waals surface area contributed by atoms with Gasteiger partial charge in [-0.25, -0.2) is 4.98 Å². The topological polar surface area (TPSA) is 148 Å². The number of nitriles is 1. The number of hydrogen-bond acceptors (Lipinski definition) is 8. The van der Waals surface area contributed by atoms with Crippen molar-refractivity contribution in [3.8, 4) is 6.07 Å². The zero-order valence-electron chi connectivity index (χ0n) is 15.9. The van der Waals surface area contributed by atoms with Crippen molar-refractivity contribution in [3.05, 3.63) is 29.1 Å². The van der Waals surface area contributed by atoms with Gasteiger partial charge < -0.3 is 26.9 Å². The number of fused-ring (bicyclic) bond motifs is 1. The molecule has 0 fully saturated rings. The van der Waals surface area contributed by atoms with Crippen molar-refractivity contribution in [1.82, 2.24) is 19.9 Å². The normalized spacial score (nSPS) is 12.3. The second-order valence-electron chi connectivity index (χ2n) is 6.27. The van der Waals surface area contributed by atoms with Crippen LogP contribution in [0.1, 0.15) is 37.1 Å². The number of aromatic nitrogens is 3. The molecule has 2 aromatic heterocycles. The van der Waals surface area contributed by atoms with Crippen LogP contribution >= 0.6 is 0 Å². The van der Waals surface area contributed by atoms with Crippen molar-refractivity contribution < 1.29 is 5.11 Å². The number of nitrogen functional groups attached to an aromatic ring is 1. The Balaban J connectivity index is 2.12. The molecule has 1 atom stereocenters. The molecule has 0 radical (unpaired) electrons. The van der Waals surface area contributed by atoms with Crippen LogP contribution in [-0.2, 0) is 6.42 Å². The summed E-state index contributed by atoms with van der Waals surface area (Å²) in [7, 11) is 0. The Bertz CT molecular complexity index is 893. The van der Waals surface area contributed by atoms with E-state index >= 15 is 0 Å². The summed E-state index contributed by atoms with van der Waals surface area (Å²) < 4.78 is 1.51. The van der Waals surface area contributed by atoms with Gasteiger partial charge in [0, 0.05) is 30.3 Å². The molecule has 0 saturated heterocycles. The Morgan fingerprint density at radius 2 is 2.26 bits per heavy atom. The van der Waals surface area contributed by atoms with E-state index in [0.717, 1.165) is 17.7 Å². The summed E-state index contributed by atoms with van der Waals surface area (Å²) in [5.41, 5.74) is 9.25. The summed E-state index contributed by atoms with van der Waals surface area (Å²) in [5, 5.41) is 36.8. The maximum absolute atomic E-state index is 9.46. The molecule has 0 aliphatic rings. The first kappa shape index (κ1) is 20.2. The van der Waals surface area contributed by atoms with E-state index in [1.165, 1.54) is 4.52 Å². The van der Waals surface area contributed by atoms with E-state index in [1.807, 2.05) is 20.8 Å². The fourth-order valence-electron chi connectivity index (χ4n) is 2.64. The number of nitrogens with two attached hydrogens (primary N) is 1. The lowest BCUT2D eigenvalue weighted by Gasteiger charge is -2.11. The molecule has 2 aromatic rings. The van der Waals surface area contributed by atoms with E-state index in [0.29, 0.717) is 30.1 Å². The Morgan fingerprint density at radius 3 is 2.89 bits per heavy atom. The molecule has 0 aromatic carbocycles. The van der Waals surface area contributed by atoms with Crippen LogP contribution in [0.5, 0.6) is 0 Å². The van der Waals surface area contributed by atoms with Gasteiger partial charge in [0.1, 0.15) is 23.3 Å². The van der Waals surface area contributed by atoms with Crippen LogP contribution in [-0.4, -0.2) is 44.6 Å². The quantitative estimate of drug-likeness (QED) is 0.418. The molecule has 0 bridgehead atoms. The first-order valence-corrected chi connectivity index (χ1v) is 8.85. The number of rotatable bonds is 9. The van der Waals surface area contributed by atoms with Gasteiger partial charge in [-0.3, -0.25) is 0 Å². The Kier molecular flexibility index (Phi) is 6.73. The molecule has 0 spiro atoms. The lowest BCUT2D eigenvalue weighted by atomic mass is 10.2. The fraction of sp³-hybridized carbons (Fsp3) is 0.444. The van der Waals surface area contributed by atoms with Gasteiger partial charge in [-0.05, 0) is 32.5 Å². The number of nitrogens with one attached hydrogen (secondary N) is 3. The summed E-state index contributed by atoms with van der Waals surface area (Å²) in [6.07, 6.45) is 4.50. The van der Waals surface area contributed by atoms with Crippen LogP contribution in [0, 0.1) is 23.7 Å². The molecule has 0 aliphatic carbocycles. The van der Waals surface area contributed by atoms with Crippen molar-refractivity contribution in [3.63, 3.8) is 0 Å². The highest BCUT2D eigenvalue weighted by molar-refractivity contribution is 5.92. The third kappa shape index (κ3) is 4.54. The summed E-state index contributed by atoms with van der Waals surface area (Å²) >= 11 is 0. The molecule has 0 amide bonds. The summed E-state index contributed by atoms with van der Waals surface area (Å²) in [4.78, 5) is 4.55. The minimum Gasteiger partial charge on any atom is -0.394 e. The third-order valence-corrected chi connectivity index (χ3v) is 4.19. The zero-order valence-corrected chi connectivity index (χ0v) is 15.9. The summed E-state index contributed by atoms with van der Waals surface area (Å²) in [6.45, 7) is 6.22. The molecule has 9 heteroatoms. The van der Waals surface area contributed by atoms with Crippen LogP contribution in [0.2, 0.25) is 0 Å². The minimum absolute atomic E-state index is 0.0273. The van der Waals surface area contributed by atoms with E-state index in [9.17, 15) is 5.26 Å². The molecule has 27 heavy (non-hydrogen) atoms. The monoisotopic (exact) mass is 370 g/mol. The third-order valence-electron chi connectivity index (χ3n) is 4.19. The molecule has 9 nitrogen and oxygen atoms in total. The van der Waals surface area contributed by atoms with Crippen LogP contribution in [0.4, 0.5) is 11.6 Å². The molecule has 2 heterocycles. The SMILES string of the molecule is CCc1c(C)nn2c(N)c(C#N)c(NCCC(=N)/C=C\NC(C)CO)nc12. The molecule has 144 valence electrons. The first-order chi connectivity index (χ1) is 12.9. The van der Waals surface area contributed by atoms with E-state index in [-0.39, 0.29) is 24.0 Å². The number of nitrogens with zero attached hydrogens (tertiary/aromatic N) is 4. The van der Waals surface area contributed by atoms with Gasteiger partial charge in [0.15, 0.2) is 5.65 Å². The fourth-order valence-corrected chi connectivity index (χ4v) is 2.64. The molecule has 0 saturated carbocycles. The van der Waals surface area contributed by atoms with Crippen molar-refractivity contribution in [2.45, 2.75) is 39.7 Å². The molecule has 0 aliphatic heterocycles. The van der Waals surface area contributed by atoms with Crippen LogP contribution in [0.3, 0.4) is 0 Å². The molecular formula is C18H26N8O. The van der Waals surface area contributed by atoms with E-state index in [2.05, 4.69) is 26.8 Å². The van der Waals surface area contributed by atoms with Gasteiger partial charge in [0.2, 0.25) is 0 Å². The largest absolute Gasteiger partial charge is 0.394 e. The Morgan fingerprint density at radius 1 is 1.52 bits per heavy atom. The molecular weight excluding hydrogens is 344 g/mol. The summed E-state index contributed by atoms with van der Waals surface area (Å²) in [5.74, 6) is 0.658. The number of aliphatic hydroxyl groups excluding tert-OH is 1. The van der Waals surface area contributed by atoms with E-state index in [4.69, 9.17) is 16.2 Å². The number of aryl methyl sites for hydroxylation is 2. The van der Waals surface area contributed by atoms with Crippen LogP contribution in [0.15, 0.2) is 12.3 Å². The standard InChI is InChI=1S/C18H26N8O/c1-4-14-12(3)25-26-16(21)15(9-19)17(24-18(14)26)23-8-6-13(20)5-7-22-11(2)10-27/h5,7,11,20,22,27H,4,6,8,10,21H2,1-3H3,(H,23,24)/b7-5-,20-13?. The van der Waals surface area contributed by atoms with Gasteiger partial charge in [-0.2, -0.15) is 14.9 Å². The number of hydrogen-bond donors (Lipinski definition) is 5. The van der Waals surface area contributed by atoms with Crippen LogP contribution < -0.4 is 16.4 Å². The number of allylic oxidation sites excluding steroid dienone is 1. The van der Waals surface area contributed by atoms with E-state index in [1.54, 1.807) is 12.3 Å². The zero-order chi connectivity index (χ0) is 20.0. The van der Waals surface area contributed by atoms with Gasteiger partial charge >= 0.3 is 0 Å². The van der Waals surface area contributed by atoms with Crippen molar-refractivity contribution in [2.75, 3.05) is 24.2 Å². The van der Waals surface area contributed by atoms with Crippen molar-refractivity contribution >= 4 is 23.0 Å². The van der Waals surface area contributed by atoms with Gasteiger partial charge in [0.05, 0.1) is 12.3 Å². The predicted octanol–water partition coefficient (Wildman–Crippen LogP) is 1.36. The second-order valence-corrected chi connectivity index (χ2v) is 6.27. The predicted molar refractivity (Wildman–Crippen MR) is 106 cm³/mol. The van der Waals surface area contributed by atoms with E-state index < -0.39 is 0 Å². The second kappa shape index (κ2) is 9.00. The molecule has 2 rings (SSSR count).